The molecule has 3 rings (SSSR count). The molecule has 2 aromatic rings. The minimum atomic E-state index is 0.321. The maximum Gasteiger partial charge on any atom is 0.0649 e. The van der Waals surface area contributed by atoms with Crippen molar-refractivity contribution in [2.24, 2.45) is 5.73 Å². The number of piperidine rings is 1. The first-order valence-corrected chi connectivity index (χ1v) is 6.89. The fourth-order valence-corrected chi connectivity index (χ4v) is 2.72. The summed E-state index contributed by atoms with van der Waals surface area (Å²) in [5.74, 6) is 0. The summed E-state index contributed by atoms with van der Waals surface area (Å²) in [7, 11) is 0. The smallest absolute Gasteiger partial charge is 0.0649 e. The van der Waals surface area contributed by atoms with Gasteiger partial charge in [0.1, 0.15) is 0 Å². The second-order valence-corrected chi connectivity index (χ2v) is 5.21. The average Bonchev–Trinajstić information content (AvgIpc) is 2.88. The van der Waals surface area contributed by atoms with E-state index in [9.17, 15) is 0 Å². The van der Waals surface area contributed by atoms with Crippen LogP contribution in [0.1, 0.15) is 18.5 Å². The molecule has 4 nitrogen and oxygen atoms in total. The molecule has 0 spiro atoms. The van der Waals surface area contributed by atoms with Crippen LogP contribution in [-0.4, -0.2) is 33.8 Å². The first-order chi connectivity index (χ1) is 9.33. The van der Waals surface area contributed by atoms with Gasteiger partial charge in [0.15, 0.2) is 0 Å². The lowest BCUT2D eigenvalue weighted by molar-refractivity contribution is 0.198. The zero-order valence-electron chi connectivity index (χ0n) is 11.1. The van der Waals surface area contributed by atoms with E-state index in [2.05, 4.69) is 28.2 Å². The molecule has 1 fully saturated rings. The van der Waals surface area contributed by atoms with Crippen LogP contribution in [0, 0.1) is 0 Å². The number of hydrogen-bond donors (Lipinski definition) is 1. The SMILES string of the molecule is N[C@@H]1CCCN(Cc2ccnn2-c2ccccc2)C1. The Kier molecular flexibility index (Phi) is 3.62. The molecule has 0 radical (unpaired) electrons. The van der Waals surface area contributed by atoms with Crippen LogP contribution in [0.3, 0.4) is 0 Å². The van der Waals surface area contributed by atoms with Gasteiger partial charge in [-0.15, -0.1) is 0 Å². The third kappa shape index (κ3) is 2.85. The van der Waals surface area contributed by atoms with Gasteiger partial charge in [0, 0.05) is 25.3 Å². The highest BCUT2D eigenvalue weighted by Crippen LogP contribution is 2.15. The van der Waals surface area contributed by atoms with Gasteiger partial charge < -0.3 is 5.73 Å². The molecule has 0 aliphatic carbocycles. The minimum Gasteiger partial charge on any atom is -0.327 e. The Morgan fingerprint density at radius 3 is 2.84 bits per heavy atom. The van der Waals surface area contributed by atoms with Gasteiger partial charge in [-0.2, -0.15) is 5.10 Å². The molecule has 0 unspecified atom stereocenters. The Morgan fingerprint density at radius 2 is 2.05 bits per heavy atom. The number of nitrogens with two attached hydrogens (primary N) is 1. The Bertz CT molecular complexity index is 520. The molecule has 4 heteroatoms. The lowest BCUT2D eigenvalue weighted by Gasteiger charge is -2.30. The number of hydrogen-bond acceptors (Lipinski definition) is 3. The molecular weight excluding hydrogens is 236 g/mol. The number of benzene rings is 1. The molecule has 2 heterocycles. The molecule has 100 valence electrons. The predicted molar refractivity (Wildman–Crippen MR) is 76.1 cm³/mol. The van der Waals surface area contributed by atoms with Gasteiger partial charge in [-0.3, -0.25) is 4.90 Å². The van der Waals surface area contributed by atoms with E-state index in [-0.39, 0.29) is 0 Å². The van der Waals surface area contributed by atoms with E-state index < -0.39 is 0 Å². The number of para-hydroxylation sites is 1. The van der Waals surface area contributed by atoms with Crippen molar-refractivity contribution < 1.29 is 0 Å². The molecule has 0 saturated carbocycles. The van der Waals surface area contributed by atoms with Crippen molar-refractivity contribution >= 4 is 0 Å². The Labute approximate surface area is 113 Å². The topological polar surface area (TPSA) is 47.1 Å². The summed E-state index contributed by atoms with van der Waals surface area (Å²) in [5, 5.41) is 4.43. The molecule has 1 aromatic carbocycles. The van der Waals surface area contributed by atoms with E-state index in [1.807, 2.05) is 29.1 Å². The van der Waals surface area contributed by atoms with Crippen LogP contribution in [0.5, 0.6) is 0 Å². The quantitative estimate of drug-likeness (QED) is 0.911. The maximum atomic E-state index is 6.04. The highest BCUT2D eigenvalue weighted by Gasteiger charge is 2.18. The highest BCUT2D eigenvalue weighted by atomic mass is 15.3. The van der Waals surface area contributed by atoms with Gasteiger partial charge in [-0.1, -0.05) is 18.2 Å². The zero-order chi connectivity index (χ0) is 13.1. The lowest BCUT2D eigenvalue weighted by atomic mass is 10.1. The van der Waals surface area contributed by atoms with Gasteiger partial charge in [0.05, 0.1) is 11.4 Å². The summed E-state index contributed by atoms with van der Waals surface area (Å²) in [6.45, 7) is 3.04. The lowest BCUT2D eigenvalue weighted by Crippen LogP contribution is -2.42. The molecule has 1 atom stereocenters. The van der Waals surface area contributed by atoms with Gasteiger partial charge in [0.25, 0.3) is 0 Å². The van der Waals surface area contributed by atoms with Crippen molar-refractivity contribution in [3.05, 3.63) is 48.3 Å². The van der Waals surface area contributed by atoms with Crippen LogP contribution >= 0.6 is 0 Å². The molecular formula is C15H20N4. The number of rotatable bonds is 3. The van der Waals surface area contributed by atoms with Crippen LogP contribution < -0.4 is 5.73 Å². The minimum absolute atomic E-state index is 0.321. The van der Waals surface area contributed by atoms with Gasteiger partial charge in [-0.25, -0.2) is 4.68 Å². The number of aromatic nitrogens is 2. The third-order valence-corrected chi connectivity index (χ3v) is 3.65. The largest absolute Gasteiger partial charge is 0.327 e. The van der Waals surface area contributed by atoms with E-state index in [0.717, 1.165) is 31.7 Å². The van der Waals surface area contributed by atoms with E-state index >= 15 is 0 Å². The summed E-state index contributed by atoms with van der Waals surface area (Å²) in [6, 6.07) is 12.7. The molecule has 1 saturated heterocycles. The van der Waals surface area contributed by atoms with Gasteiger partial charge >= 0.3 is 0 Å². The summed E-state index contributed by atoms with van der Waals surface area (Å²) in [4.78, 5) is 2.42. The first kappa shape index (κ1) is 12.4. The molecule has 1 aromatic heterocycles. The highest BCUT2D eigenvalue weighted by molar-refractivity contribution is 5.32. The molecule has 0 bridgehead atoms. The third-order valence-electron chi connectivity index (χ3n) is 3.65. The summed E-state index contributed by atoms with van der Waals surface area (Å²) < 4.78 is 2.01. The van der Waals surface area contributed by atoms with Crippen LogP contribution in [0.25, 0.3) is 5.69 Å². The van der Waals surface area contributed by atoms with E-state index in [4.69, 9.17) is 5.73 Å². The van der Waals surface area contributed by atoms with Crippen molar-refractivity contribution in [1.82, 2.24) is 14.7 Å². The van der Waals surface area contributed by atoms with Crippen molar-refractivity contribution in [2.75, 3.05) is 13.1 Å². The second-order valence-electron chi connectivity index (χ2n) is 5.21. The van der Waals surface area contributed by atoms with Gasteiger partial charge in [0.2, 0.25) is 0 Å². The van der Waals surface area contributed by atoms with Crippen molar-refractivity contribution in [2.45, 2.75) is 25.4 Å². The van der Waals surface area contributed by atoms with Gasteiger partial charge in [-0.05, 0) is 37.6 Å². The van der Waals surface area contributed by atoms with Crippen LogP contribution in [0.4, 0.5) is 0 Å². The van der Waals surface area contributed by atoms with Crippen LogP contribution in [0.2, 0.25) is 0 Å². The molecule has 0 amide bonds. The summed E-state index contributed by atoms with van der Waals surface area (Å²) >= 11 is 0. The number of nitrogens with zero attached hydrogens (tertiary/aromatic N) is 3. The Morgan fingerprint density at radius 1 is 1.21 bits per heavy atom. The predicted octanol–water partition coefficient (Wildman–Crippen LogP) is 1.80. The Hall–Kier alpha value is -1.65. The molecule has 2 N–H and O–H groups in total. The number of likely N-dealkylation sites (tertiary alicyclic amines) is 1. The fourth-order valence-electron chi connectivity index (χ4n) is 2.72. The average molecular weight is 256 g/mol. The van der Waals surface area contributed by atoms with E-state index in [1.165, 1.54) is 12.1 Å². The van der Waals surface area contributed by atoms with Crippen LogP contribution in [-0.2, 0) is 6.54 Å². The molecule has 1 aliphatic heterocycles. The zero-order valence-corrected chi connectivity index (χ0v) is 11.1. The van der Waals surface area contributed by atoms with E-state index in [1.54, 1.807) is 0 Å². The molecule has 19 heavy (non-hydrogen) atoms. The van der Waals surface area contributed by atoms with Crippen molar-refractivity contribution in [3.63, 3.8) is 0 Å². The van der Waals surface area contributed by atoms with Crippen LogP contribution in [0.15, 0.2) is 42.6 Å². The van der Waals surface area contributed by atoms with E-state index in [0.29, 0.717) is 6.04 Å². The first-order valence-electron chi connectivity index (χ1n) is 6.89. The second kappa shape index (κ2) is 5.55. The normalized spacial score (nSPS) is 20.6. The maximum absolute atomic E-state index is 6.04. The summed E-state index contributed by atoms with van der Waals surface area (Å²) in [5.41, 5.74) is 8.38. The fraction of sp³-hybridized carbons (Fsp3) is 0.400. The Balaban J connectivity index is 1.77. The standard InChI is InChI=1S/C15H20N4/c16-13-5-4-10-18(11-13)12-15-8-9-17-19(15)14-6-2-1-3-7-14/h1-3,6-9,13H,4-5,10-12,16H2/t13-/m1/s1. The van der Waals surface area contributed by atoms with Crippen molar-refractivity contribution in [1.29, 1.82) is 0 Å². The van der Waals surface area contributed by atoms with Crippen molar-refractivity contribution in [3.8, 4) is 5.69 Å². The summed E-state index contributed by atoms with van der Waals surface area (Å²) in [6.07, 6.45) is 4.21. The molecule has 1 aliphatic rings. The monoisotopic (exact) mass is 256 g/mol.